The lowest BCUT2D eigenvalue weighted by molar-refractivity contribution is -0.136. The summed E-state index contributed by atoms with van der Waals surface area (Å²) in [5, 5.41) is 20.9. The molecule has 0 saturated carbocycles. The Hall–Kier alpha value is -2.62. The topological polar surface area (TPSA) is 69.9 Å². The maximum Gasteiger partial charge on any atom is 0.303 e. The van der Waals surface area contributed by atoms with Crippen LogP contribution in [0.3, 0.4) is 0 Å². The van der Waals surface area contributed by atoms with Gasteiger partial charge < -0.3 is 10.3 Å². The van der Waals surface area contributed by atoms with Gasteiger partial charge in [-0.05, 0) is 23.6 Å². The predicted molar refractivity (Wildman–Crippen MR) is 81.8 cm³/mol. The Morgan fingerprint density at radius 2 is 1.48 bits per heavy atom. The summed E-state index contributed by atoms with van der Waals surface area (Å²) in [5.74, 6) is -0.910. The van der Waals surface area contributed by atoms with E-state index < -0.39 is 5.97 Å². The number of nitrogens with zero attached hydrogens (tertiary/aromatic N) is 1. The summed E-state index contributed by atoms with van der Waals surface area (Å²) in [6.45, 7) is 2.04. The Kier molecular flexibility index (Phi) is 4.72. The third kappa shape index (κ3) is 3.92. The molecular formula is C17H17NO3. The van der Waals surface area contributed by atoms with Crippen molar-refractivity contribution in [1.29, 1.82) is 0 Å². The van der Waals surface area contributed by atoms with Crippen molar-refractivity contribution in [3.8, 4) is 11.1 Å². The number of benzene rings is 2. The molecule has 108 valence electrons. The molecule has 0 spiro atoms. The maximum atomic E-state index is 10.6. The zero-order valence-corrected chi connectivity index (χ0v) is 11.8. The molecule has 0 bridgehead atoms. The lowest BCUT2D eigenvalue weighted by Gasteiger charge is -2.06. The summed E-state index contributed by atoms with van der Waals surface area (Å²) in [4.78, 5) is 10.6. The van der Waals surface area contributed by atoms with Crippen LogP contribution >= 0.6 is 0 Å². The summed E-state index contributed by atoms with van der Waals surface area (Å²) in [6, 6.07) is 15.8. The molecule has 0 aliphatic carbocycles. The van der Waals surface area contributed by atoms with E-state index in [1.165, 1.54) is 5.56 Å². The molecule has 0 radical (unpaired) electrons. The van der Waals surface area contributed by atoms with Crippen molar-refractivity contribution in [2.45, 2.75) is 19.8 Å². The largest absolute Gasteiger partial charge is 0.481 e. The van der Waals surface area contributed by atoms with Crippen LogP contribution in [0.25, 0.3) is 11.1 Å². The molecule has 0 heterocycles. The van der Waals surface area contributed by atoms with Crippen molar-refractivity contribution in [2.24, 2.45) is 5.16 Å². The van der Waals surface area contributed by atoms with Gasteiger partial charge in [0.1, 0.15) is 0 Å². The zero-order valence-electron chi connectivity index (χ0n) is 11.8. The molecule has 4 nitrogen and oxygen atoms in total. The number of rotatable bonds is 5. The number of hydrogen-bond donors (Lipinski definition) is 2. The third-order valence-electron chi connectivity index (χ3n) is 3.30. The first-order chi connectivity index (χ1) is 10.1. The minimum atomic E-state index is -0.910. The molecule has 0 fully saturated rings. The highest BCUT2D eigenvalue weighted by Crippen LogP contribution is 2.21. The summed E-state index contributed by atoms with van der Waals surface area (Å²) in [5.41, 5.74) is 4.50. The molecule has 0 unspecified atom stereocenters. The van der Waals surface area contributed by atoms with Crippen LogP contribution in [0, 0.1) is 6.92 Å². The number of carbonyl (C=O) groups is 1. The van der Waals surface area contributed by atoms with Crippen LogP contribution < -0.4 is 0 Å². The van der Waals surface area contributed by atoms with Gasteiger partial charge in [0.25, 0.3) is 0 Å². The summed E-state index contributed by atoms with van der Waals surface area (Å²) in [7, 11) is 0. The smallest absolute Gasteiger partial charge is 0.303 e. The van der Waals surface area contributed by atoms with Gasteiger partial charge in [-0.3, -0.25) is 4.79 Å². The van der Waals surface area contributed by atoms with E-state index in [9.17, 15) is 4.79 Å². The first kappa shape index (κ1) is 14.8. The summed E-state index contributed by atoms with van der Waals surface area (Å²) in [6.07, 6.45) is 0.148. The molecule has 2 N–H and O–H groups in total. The number of carboxylic acid groups (broad SMARTS) is 1. The Morgan fingerprint density at radius 1 is 0.952 bits per heavy atom. The van der Waals surface area contributed by atoms with Crippen LogP contribution in [-0.2, 0) is 4.79 Å². The van der Waals surface area contributed by atoms with Crippen LogP contribution in [-0.4, -0.2) is 22.0 Å². The van der Waals surface area contributed by atoms with Crippen LogP contribution in [0.15, 0.2) is 53.7 Å². The fraction of sp³-hybridized carbons (Fsp3) is 0.176. The second-order valence-corrected chi connectivity index (χ2v) is 4.88. The number of carboxylic acids is 1. The molecule has 0 aliphatic rings. The monoisotopic (exact) mass is 283 g/mol. The van der Waals surface area contributed by atoms with Crippen molar-refractivity contribution in [3.63, 3.8) is 0 Å². The van der Waals surface area contributed by atoms with Crippen molar-refractivity contribution < 1.29 is 15.1 Å². The second-order valence-electron chi connectivity index (χ2n) is 4.88. The van der Waals surface area contributed by atoms with E-state index in [4.69, 9.17) is 10.3 Å². The van der Waals surface area contributed by atoms with Crippen LogP contribution in [0.5, 0.6) is 0 Å². The SMILES string of the molecule is Cc1ccc(-c2ccc(C(CCC(=O)O)=NO)cc2)cc1. The van der Waals surface area contributed by atoms with Crippen molar-refractivity contribution in [1.82, 2.24) is 0 Å². The maximum absolute atomic E-state index is 10.6. The Bertz CT molecular complexity index is 643. The fourth-order valence-corrected chi connectivity index (χ4v) is 2.08. The highest BCUT2D eigenvalue weighted by atomic mass is 16.4. The molecular weight excluding hydrogens is 266 g/mol. The van der Waals surface area contributed by atoms with Crippen molar-refractivity contribution in [2.75, 3.05) is 0 Å². The van der Waals surface area contributed by atoms with Crippen LogP contribution in [0.1, 0.15) is 24.0 Å². The first-order valence-corrected chi connectivity index (χ1v) is 6.70. The number of hydrogen-bond acceptors (Lipinski definition) is 3. The minimum absolute atomic E-state index is 0.0564. The Balaban J connectivity index is 2.18. The molecule has 0 aromatic heterocycles. The Morgan fingerprint density at radius 3 is 1.95 bits per heavy atom. The van der Waals surface area contributed by atoms with Gasteiger partial charge in [-0.25, -0.2) is 0 Å². The molecule has 2 aromatic rings. The van der Waals surface area contributed by atoms with Crippen molar-refractivity contribution in [3.05, 3.63) is 59.7 Å². The normalized spacial score (nSPS) is 11.4. The predicted octanol–water partition coefficient (Wildman–Crippen LogP) is 3.71. The van der Waals surface area contributed by atoms with E-state index in [-0.39, 0.29) is 12.8 Å². The van der Waals surface area contributed by atoms with Crippen LogP contribution in [0.4, 0.5) is 0 Å². The molecule has 0 aliphatic heterocycles. The fourth-order valence-electron chi connectivity index (χ4n) is 2.08. The van der Waals surface area contributed by atoms with E-state index in [2.05, 4.69) is 29.4 Å². The molecule has 21 heavy (non-hydrogen) atoms. The van der Waals surface area contributed by atoms with Gasteiger partial charge >= 0.3 is 5.97 Å². The molecule has 0 amide bonds. The average Bonchev–Trinajstić information content (AvgIpc) is 2.49. The van der Waals surface area contributed by atoms with Gasteiger partial charge in [-0.1, -0.05) is 59.3 Å². The van der Waals surface area contributed by atoms with E-state index in [0.29, 0.717) is 5.71 Å². The number of aliphatic carboxylic acids is 1. The molecule has 0 atom stereocenters. The van der Waals surface area contributed by atoms with E-state index in [1.807, 2.05) is 31.2 Å². The summed E-state index contributed by atoms with van der Waals surface area (Å²) < 4.78 is 0. The number of aryl methyl sites for hydroxylation is 1. The van der Waals surface area contributed by atoms with Gasteiger partial charge in [0.2, 0.25) is 0 Å². The summed E-state index contributed by atoms with van der Waals surface area (Å²) >= 11 is 0. The quantitative estimate of drug-likeness (QED) is 0.499. The second kappa shape index (κ2) is 6.70. The average molecular weight is 283 g/mol. The van der Waals surface area contributed by atoms with E-state index in [0.717, 1.165) is 16.7 Å². The minimum Gasteiger partial charge on any atom is -0.481 e. The highest BCUT2D eigenvalue weighted by Gasteiger charge is 2.08. The van der Waals surface area contributed by atoms with Gasteiger partial charge in [-0.15, -0.1) is 0 Å². The highest BCUT2D eigenvalue weighted by molar-refractivity contribution is 6.01. The van der Waals surface area contributed by atoms with Crippen LogP contribution in [0.2, 0.25) is 0 Å². The van der Waals surface area contributed by atoms with Gasteiger partial charge in [0.15, 0.2) is 0 Å². The van der Waals surface area contributed by atoms with E-state index >= 15 is 0 Å². The van der Waals surface area contributed by atoms with Gasteiger partial charge in [0.05, 0.1) is 12.1 Å². The standard InChI is InChI=1S/C17H17NO3/c1-12-2-4-13(5-3-12)14-6-8-15(9-7-14)16(18-21)10-11-17(19)20/h2-9,21H,10-11H2,1H3,(H,19,20). The molecule has 2 rings (SSSR count). The lowest BCUT2D eigenvalue weighted by atomic mass is 10.00. The van der Waals surface area contributed by atoms with E-state index in [1.54, 1.807) is 0 Å². The lowest BCUT2D eigenvalue weighted by Crippen LogP contribution is -2.05. The molecule has 2 aromatic carbocycles. The van der Waals surface area contributed by atoms with Gasteiger partial charge in [0, 0.05) is 6.42 Å². The zero-order chi connectivity index (χ0) is 15.2. The van der Waals surface area contributed by atoms with Gasteiger partial charge in [-0.2, -0.15) is 0 Å². The first-order valence-electron chi connectivity index (χ1n) is 6.70. The molecule has 0 saturated heterocycles. The number of oxime groups is 1. The third-order valence-corrected chi connectivity index (χ3v) is 3.30. The Labute approximate surface area is 123 Å². The van der Waals surface area contributed by atoms with Crippen molar-refractivity contribution >= 4 is 11.7 Å². The molecule has 4 heteroatoms.